The smallest absolute Gasteiger partial charge is 0.0156 e. The standard InChI is InChI=1S/C24H46/c1-16-17(2,3)18(4,5)24(15)21(10,11)19(6,7)20(8,9)23(16,14)22(24,12)13/h16H,1-15H3. The highest BCUT2D eigenvalue weighted by atomic mass is 14.9. The monoisotopic (exact) mass is 334 g/mol. The van der Waals surface area contributed by atoms with Crippen molar-refractivity contribution in [1.29, 1.82) is 0 Å². The normalized spacial score (nSPS) is 46.4. The molecule has 2 rings (SSSR count). The quantitative estimate of drug-likeness (QED) is 0.423. The third kappa shape index (κ3) is 1.38. The highest BCUT2D eigenvalue weighted by Crippen LogP contribution is 2.88. The van der Waals surface area contributed by atoms with Crippen LogP contribution in [0.3, 0.4) is 0 Å². The van der Waals surface area contributed by atoms with E-state index in [0.717, 1.165) is 0 Å². The second-order valence-electron chi connectivity index (χ2n) is 12.9. The van der Waals surface area contributed by atoms with Gasteiger partial charge in [-0.1, -0.05) is 104 Å². The van der Waals surface area contributed by atoms with Crippen LogP contribution in [-0.4, -0.2) is 0 Å². The summed E-state index contributed by atoms with van der Waals surface area (Å²) in [7, 11) is 0. The first-order valence-corrected chi connectivity index (χ1v) is 10.2. The average molecular weight is 335 g/mol. The summed E-state index contributed by atoms with van der Waals surface area (Å²) in [6.45, 7) is 38.6. The maximum Gasteiger partial charge on any atom is -0.0156 e. The Morgan fingerprint density at radius 3 is 1.17 bits per heavy atom. The van der Waals surface area contributed by atoms with Crippen molar-refractivity contribution in [3.63, 3.8) is 0 Å². The zero-order chi connectivity index (χ0) is 19.6. The molecule has 2 saturated carbocycles. The Bertz CT molecular complexity index is 553. The molecule has 0 radical (unpaired) electrons. The Hall–Kier alpha value is 0. The number of rotatable bonds is 0. The predicted octanol–water partition coefficient (Wildman–Crippen LogP) is 7.82. The first-order chi connectivity index (χ1) is 10.2. The molecule has 3 atom stereocenters. The number of hydrogen-bond donors (Lipinski definition) is 0. The first kappa shape index (κ1) is 20.3. The molecule has 0 nitrogen and oxygen atoms in total. The molecule has 0 aromatic rings. The molecule has 0 aromatic heterocycles. The Labute approximate surface area is 153 Å². The molecule has 0 spiro atoms. The molecular formula is C24H46. The van der Waals surface area contributed by atoms with Crippen LogP contribution in [0.15, 0.2) is 0 Å². The van der Waals surface area contributed by atoms with Gasteiger partial charge in [0.1, 0.15) is 0 Å². The zero-order valence-corrected chi connectivity index (χ0v) is 19.6. The minimum atomic E-state index is 0.230. The molecule has 0 aliphatic heterocycles. The third-order valence-corrected chi connectivity index (χ3v) is 13.0. The Balaban J connectivity index is 3.10. The number of fused-ring (bicyclic) bond motifs is 2. The van der Waals surface area contributed by atoms with Crippen LogP contribution >= 0.6 is 0 Å². The van der Waals surface area contributed by atoms with Gasteiger partial charge in [0.25, 0.3) is 0 Å². The lowest BCUT2D eigenvalue weighted by Gasteiger charge is -2.87. The van der Waals surface area contributed by atoms with Crippen molar-refractivity contribution in [3.05, 3.63) is 0 Å². The molecule has 0 N–H and O–H groups in total. The van der Waals surface area contributed by atoms with Crippen molar-refractivity contribution >= 4 is 0 Å². The molecule has 2 bridgehead atoms. The topological polar surface area (TPSA) is 0 Å². The van der Waals surface area contributed by atoms with Gasteiger partial charge in [0, 0.05) is 0 Å². The molecule has 0 saturated heterocycles. The fourth-order valence-corrected chi connectivity index (χ4v) is 8.69. The van der Waals surface area contributed by atoms with Crippen molar-refractivity contribution in [1.82, 2.24) is 0 Å². The second kappa shape index (κ2) is 4.28. The summed E-state index contributed by atoms with van der Waals surface area (Å²) in [5.41, 5.74) is 2.02. The molecule has 0 amide bonds. The average Bonchev–Trinajstić information content (AvgIpc) is 2.40. The van der Waals surface area contributed by atoms with Gasteiger partial charge in [-0.15, -0.1) is 0 Å². The van der Waals surface area contributed by atoms with Gasteiger partial charge in [-0.3, -0.25) is 0 Å². The van der Waals surface area contributed by atoms with E-state index in [4.69, 9.17) is 0 Å². The highest BCUT2D eigenvalue weighted by molar-refractivity contribution is 5.30. The lowest BCUT2D eigenvalue weighted by Crippen LogP contribution is -2.82. The van der Waals surface area contributed by atoms with Crippen LogP contribution in [0.1, 0.15) is 104 Å². The molecule has 3 unspecified atom stereocenters. The van der Waals surface area contributed by atoms with E-state index in [0.29, 0.717) is 5.92 Å². The van der Waals surface area contributed by atoms with Gasteiger partial charge in [0.2, 0.25) is 0 Å². The molecule has 2 aliphatic carbocycles. The van der Waals surface area contributed by atoms with Gasteiger partial charge < -0.3 is 0 Å². The maximum absolute atomic E-state index is 2.63. The largest absolute Gasteiger partial charge is 0.0614 e. The maximum atomic E-state index is 2.63. The van der Waals surface area contributed by atoms with E-state index in [1.165, 1.54) is 0 Å². The lowest BCUT2D eigenvalue weighted by molar-refractivity contribution is -0.398. The summed E-state index contributed by atoms with van der Waals surface area (Å²) in [4.78, 5) is 0. The van der Waals surface area contributed by atoms with Gasteiger partial charge in [0.05, 0.1) is 0 Å². The van der Waals surface area contributed by atoms with E-state index in [9.17, 15) is 0 Å². The van der Waals surface area contributed by atoms with E-state index >= 15 is 0 Å². The molecule has 2 aliphatic rings. The van der Waals surface area contributed by atoms with Crippen LogP contribution in [-0.2, 0) is 0 Å². The summed E-state index contributed by atoms with van der Waals surface area (Å²) in [6.07, 6.45) is 0. The van der Waals surface area contributed by atoms with Gasteiger partial charge in [-0.05, 0) is 49.2 Å². The second-order valence-corrected chi connectivity index (χ2v) is 12.9. The minimum Gasteiger partial charge on any atom is -0.0614 e. The highest BCUT2D eigenvalue weighted by Gasteiger charge is 2.83. The van der Waals surface area contributed by atoms with Crippen LogP contribution in [0, 0.1) is 49.2 Å². The Morgan fingerprint density at radius 2 is 0.792 bits per heavy atom. The molecule has 0 heterocycles. The van der Waals surface area contributed by atoms with E-state index < -0.39 is 0 Å². The molecule has 0 heteroatoms. The first-order valence-electron chi connectivity index (χ1n) is 10.2. The van der Waals surface area contributed by atoms with Gasteiger partial charge >= 0.3 is 0 Å². The van der Waals surface area contributed by atoms with Crippen LogP contribution < -0.4 is 0 Å². The van der Waals surface area contributed by atoms with Crippen LogP contribution in [0.25, 0.3) is 0 Å². The molecule has 24 heavy (non-hydrogen) atoms. The van der Waals surface area contributed by atoms with E-state index in [1.807, 2.05) is 0 Å². The van der Waals surface area contributed by atoms with Crippen molar-refractivity contribution in [2.24, 2.45) is 49.2 Å². The Morgan fingerprint density at radius 1 is 0.417 bits per heavy atom. The number of hydrogen-bond acceptors (Lipinski definition) is 0. The summed E-state index contributed by atoms with van der Waals surface area (Å²) in [6, 6.07) is 0. The van der Waals surface area contributed by atoms with Crippen molar-refractivity contribution < 1.29 is 0 Å². The molecular weight excluding hydrogens is 288 g/mol. The zero-order valence-electron chi connectivity index (χ0n) is 19.6. The molecule has 2 fully saturated rings. The summed E-state index contributed by atoms with van der Waals surface area (Å²) in [5, 5.41) is 0. The predicted molar refractivity (Wildman–Crippen MR) is 108 cm³/mol. The lowest BCUT2D eigenvalue weighted by atomic mass is 9.17. The van der Waals surface area contributed by atoms with E-state index in [-0.39, 0.29) is 43.3 Å². The van der Waals surface area contributed by atoms with Crippen molar-refractivity contribution in [3.8, 4) is 0 Å². The van der Waals surface area contributed by atoms with Crippen LogP contribution in [0.5, 0.6) is 0 Å². The van der Waals surface area contributed by atoms with Crippen LogP contribution in [0.4, 0.5) is 0 Å². The molecule has 142 valence electrons. The van der Waals surface area contributed by atoms with Gasteiger partial charge in [0.15, 0.2) is 0 Å². The fourth-order valence-electron chi connectivity index (χ4n) is 8.69. The van der Waals surface area contributed by atoms with Crippen LogP contribution in [0.2, 0.25) is 0 Å². The van der Waals surface area contributed by atoms with E-state index in [2.05, 4.69) is 104 Å². The summed E-state index contributed by atoms with van der Waals surface area (Å²) >= 11 is 0. The minimum absolute atomic E-state index is 0.230. The van der Waals surface area contributed by atoms with Crippen molar-refractivity contribution in [2.45, 2.75) is 104 Å². The van der Waals surface area contributed by atoms with Crippen molar-refractivity contribution in [2.75, 3.05) is 0 Å². The molecule has 0 aromatic carbocycles. The summed E-state index contributed by atoms with van der Waals surface area (Å²) in [5.74, 6) is 0.661. The fraction of sp³-hybridized carbons (Fsp3) is 1.00. The van der Waals surface area contributed by atoms with Gasteiger partial charge in [-0.2, -0.15) is 0 Å². The van der Waals surface area contributed by atoms with Gasteiger partial charge in [-0.25, -0.2) is 0 Å². The SMILES string of the molecule is CC1C(C)(C)C(C)(C)C2(C)C(C)(C)C(C)(C)C(C)(C)C1(C)C2(C)C. The third-order valence-electron chi connectivity index (χ3n) is 13.0. The van der Waals surface area contributed by atoms with E-state index in [1.54, 1.807) is 0 Å². The Kier molecular flexibility index (Phi) is 3.62. The summed E-state index contributed by atoms with van der Waals surface area (Å²) < 4.78 is 0.